The number of carbonyl (C=O) groups is 2. The Labute approximate surface area is 63.1 Å². The van der Waals surface area contributed by atoms with E-state index in [0.29, 0.717) is 0 Å². The van der Waals surface area contributed by atoms with Crippen LogP contribution in [0.5, 0.6) is 0 Å². The molecular formula is C7H8O4. The predicted molar refractivity (Wildman–Crippen MR) is 36.0 cm³/mol. The lowest BCUT2D eigenvalue weighted by molar-refractivity contribution is -0.164. The Morgan fingerprint density at radius 1 is 1.55 bits per heavy atom. The number of hydrogen-bond acceptors (Lipinski definition) is 3. The fraction of sp³-hybridized carbons (Fsp3) is 0.429. The molecule has 4 nitrogen and oxygen atoms in total. The predicted octanol–water partition coefficient (Wildman–Crippen LogP) is -0.279. The van der Waals surface area contributed by atoms with Crippen molar-refractivity contribution in [1.29, 1.82) is 0 Å². The van der Waals surface area contributed by atoms with Crippen LogP contribution < -0.4 is 0 Å². The van der Waals surface area contributed by atoms with Crippen molar-refractivity contribution in [3.63, 3.8) is 0 Å². The van der Waals surface area contributed by atoms with E-state index in [2.05, 4.69) is 0 Å². The summed E-state index contributed by atoms with van der Waals surface area (Å²) in [5.41, 5.74) is -2.17. The summed E-state index contributed by atoms with van der Waals surface area (Å²) >= 11 is 0. The van der Waals surface area contributed by atoms with Crippen LogP contribution in [-0.4, -0.2) is 27.6 Å². The zero-order valence-corrected chi connectivity index (χ0v) is 5.78. The molecule has 1 unspecified atom stereocenters. The highest BCUT2D eigenvalue weighted by Gasteiger charge is 2.43. The molecule has 0 aromatic rings. The van der Waals surface area contributed by atoms with Gasteiger partial charge in [-0.1, -0.05) is 12.2 Å². The summed E-state index contributed by atoms with van der Waals surface area (Å²) in [6, 6.07) is 0. The van der Waals surface area contributed by atoms with E-state index >= 15 is 0 Å². The molecule has 0 aromatic carbocycles. The summed E-state index contributed by atoms with van der Waals surface area (Å²) in [4.78, 5) is 21.3. The Hall–Kier alpha value is -1.16. The maximum absolute atomic E-state index is 10.9. The second-order valence-electron chi connectivity index (χ2n) is 2.47. The largest absolute Gasteiger partial charge is 0.479 e. The van der Waals surface area contributed by atoms with Gasteiger partial charge in [0.25, 0.3) is 0 Å². The molecule has 4 heteroatoms. The molecule has 0 heterocycles. The Bertz CT molecular complexity index is 231. The number of allylic oxidation sites excluding steroid dienone is 1. The van der Waals surface area contributed by atoms with Gasteiger partial charge >= 0.3 is 5.97 Å². The monoisotopic (exact) mass is 156 g/mol. The molecule has 1 atom stereocenters. The summed E-state index contributed by atoms with van der Waals surface area (Å²) in [6.45, 7) is 0. The maximum Gasteiger partial charge on any atom is 0.343 e. The maximum atomic E-state index is 10.9. The normalized spacial score (nSPS) is 30.5. The van der Waals surface area contributed by atoms with E-state index in [0.717, 1.165) is 0 Å². The van der Waals surface area contributed by atoms with Gasteiger partial charge in [-0.05, 0) is 0 Å². The lowest BCUT2D eigenvalue weighted by atomic mass is 9.88. The minimum atomic E-state index is -2.17. The Kier molecular flexibility index (Phi) is 1.78. The van der Waals surface area contributed by atoms with Crippen molar-refractivity contribution in [2.45, 2.75) is 18.4 Å². The van der Waals surface area contributed by atoms with E-state index < -0.39 is 17.4 Å². The van der Waals surface area contributed by atoms with Crippen molar-refractivity contribution in [2.75, 3.05) is 0 Å². The number of aliphatic carboxylic acids is 1. The van der Waals surface area contributed by atoms with Crippen molar-refractivity contribution in [2.24, 2.45) is 0 Å². The van der Waals surface area contributed by atoms with Gasteiger partial charge in [0.1, 0.15) is 0 Å². The van der Waals surface area contributed by atoms with Crippen LogP contribution >= 0.6 is 0 Å². The van der Waals surface area contributed by atoms with Gasteiger partial charge in [0, 0.05) is 12.8 Å². The lowest BCUT2D eigenvalue weighted by Crippen LogP contribution is -2.47. The molecule has 0 spiro atoms. The molecule has 1 rings (SSSR count). The molecule has 2 N–H and O–H groups in total. The number of hydrogen-bond donors (Lipinski definition) is 2. The van der Waals surface area contributed by atoms with Gasteiger partial charge < -0.3 is 10.2 Å². The summed E-state index contributed by atoms with van der Waals surface area (Å²) < 4.78 is 0. The van der Waals surface area contributed by atoms with Gasteiger partial charge in [0.15, 0.2) is 5.78 Å². The minimum Gasteiger partial charge on any atom is -0.479 e. The highest BCUT2D eigenvalue weighted by molar-refractivity contribution is 6.07. The zero-order valence-electron chi connectivity index (χ0n) is 5.78. The van der Waals surface area contributed by atoms with Crippen molar-refractivity contribution in [3.05, 3.63) is 12.2 Å². The summed E-state index contributed by atoms with van der Waals surface area (Å²) in [7, 11) is 0. The smallest absolute Gasteiger partial charge is 0.343 e. The van der Waals surface area contributed by atoms with E-state index in [1.54, 1.807) is 6.08 Å². The van der Waals surface area contributed by atoms with E-state index in [1.165, 1.54) is 6.08 Å². The van der Waals surface area contributed by atoms with E-state index in [4.69, 9.17) is 5.11 Å². The molecule has 0 amide bonds. The van der Waals surface area contributed by atoms with Gasteiger partial charge in [0.2, 0.25) is 5.60 Å². The molecule has 0 saturated carbocycles. The van der Waals surface area contributed by atoms with Crippen LogP contribution in [0.4, 0.5) is 0 Å². The molecule has 0 saturated heterocycles. The second-order valence-corrected chi connectivity index (χ2v) is 2.47. The minimum absolute atomic E-state index is 0.00278. The topological polar surface area (TPSA) is 74.6 Å². The highest BCUT2D eigenvalue weighted by atomic mass is 16.4. The number of carbonyl (C=O) groups excluding carboxylic acids is 1. The zero-order chi connectivity index (χ0) is 8.48. The molecule has 0 aliphatic heterocycles. The summed E-state index contributed by atoms with van der Waals surface area (Å²) in [6.07, 6.45) is 2.93. The first-order valence-corrected chi connectivity index (χ1v) is 3.21. The van der Waals surface area contributed by atoms with Gasteiger partial charge in [-0.25, -0.2) is 4.79 Å². The van der Waals surface area contributed by atoms with Gasteiger partial charge in [-0.2, -0.15) is 0 Å². The van der Waals surface area contributed by atoms with Gasteiger partial charge in [0.05, 0.1) is 0 Å². The fourth-order valence-electron chi connectivity index (χ4n) is 0.934. The van der Waals surface area contributed by atoms with Gasteiger partial charge in [-0.15, -0.1) is 0 Å². The average Bonchev–Trinajstić information content (AvgIpc) is 1.95. The van der Waals surface area contributed by atoms with Gasteiger partial charge in [-0.3, -0.25) is 4.79 Å². The third-order valence-corrected chi connectivity index (χ3v) is 1.70. The lowest BCUT2D eigenvalue weighted by Gasteiger charge is -2.22. The molecule has 11 heavy (non-hydrogen) atoms. The van der Waals surface area contributed by atoms with Crippen molar-refractivity contribution in [1.82, 2.24) is 0 Å². The second kappa shape index (κ2) is 2.47. The summed E-state index contributed by atoms with van der Waals surface area (Å²) in [5, 5.41) is 17.7. The first-order chi connectivity index (χ1) is 5.07. The standard InChI is InChI=1S/C7H8O4/c8-5-3-1-2-4-7(5,11)6(9)10/h1-2,11H,3-4H2,(H,9,10). The van der Waals surface area contributed by atoms with Crippen molar-refractivity contribution in [3.8, 4) is 0 Å². The molecular weight excluding hydrogens is 148 g/mol. The quantitative estimate of drug-likeness (QED) is 0.404. The Morgan fingerprint density at radius 2 is 2.18 bits per heavy atom. The third kappa shape index (κ3) is 1.17. The number of carboxylic acid groups (broad SMARTS) is 1. The first-order valence-electron chi connectivity index (χ1n) is 3.21. The van der Waals surface area contributed by atoms with Crippen LogP contribution in [0.25, 0.3) is 0 Å². The molecule has 0 radical (unpaired) electrons. The molecule has 60 valence electrons. The number of ketones is 1. The van der Waals surface area contributed by atoms with E-state index in [1.807, 2.05) is 0 Å². The molecule has 0 aromatic heterocycles. The average molecular weight is 156 g/mol. The van der Waals surface area contributed by atoms with Crippen LogP contribution in [-0.2, 0) is 9.59 Å². The van der Waals surface area contributed by atoms with Crippen LogP contribution in [0.2, 0.25) is 0 Å². The van der Waals surface area contributed by atoms with Crippen molar-refractivity contribution < 1.29 is 19.8 Å². The Morgan fingerprint density at radius 3 is 2.55 bits per heavy atom. The first kappa shape index (κ1) is 7.94. The van der Waals surface area contributed by atoms with Crippen LogP contribution in [0.15, 0.2) is 12.2 Å². The molecule has 1 aliphatic carbocycles. The fourth-order valence-corrected chi connectivity index (χ4v) is 0.934. The van der Waals surface area contributed by atoms with Crippen LogP contribution in [0.3, 0.4) is 0 Å². The van der Waals surface area contributed by atoms with Crippen LogP contribution in [0.1, 0.15) is 12.8 Å². The highest BCUT2D eigenvalue weighted by Crippen LogP contribution is 2.19. The number of carboxylic acids is 1. The van der Waals surface area contributed by atoms with Crippen LogP contribution in [0, 0.1) is 0 Å². The molecule has 0 fully saturated rings. The van der Waals surface area contributed by atoms with E-state index in [-0.39, 0.29) is 12.8 Å². The van der Waals surface area contributed by atoms with Crippen molar-refractivity contribution >= 4 is 11.8 Å². The number of aliphatic hydroxyl groups is 1. The number of rotatable bonds is 1. The summed E-state index contributed by atoms with van der Waals surface area (Å²) in [5.74, 6) is -2.11. The number of Topliss-reactive ketones (excluding diaryl/α,β-unsaturated/α-hetero) is 1. The third-order valence-electron chi connectivity index (χ3n) is 1.70. The molecule has 1 aliphatic rings. The van der Waals surface area contributed by atoms with E-state index in [9.17, 15) is 14.7 Å². The SMILES string of the molecule is O=C(O)C1(O)CC=CCC1=O. The Balaban J connectivity index is 2.93. The molecule has 0 bridgehead atoms.